The summed E-state index contributed by atoms with van der Waals surface area (Å²) in [5.41, 5.74) is 5.51. The van der Waals surface area contributed by atoms with Gasteiger partial charge in [-0.25, -0.2) is 9.79 Å². The van der Waals surface area contributed by atoms with Crippen molar-refractivity contribution in [3.63, 3.8) is 0 Å². The smallest absolute Gasteiger partial charge is 0.325 e. The van der Waals surface area contributed by atoms with E-state index in [9.17, 15) is 9.59 Å². The van der Waals surface area contributed by atoms with E-state index in [1.165, 1.54) is 16.0 Å². The highest BCUT2D eigenvalue weighted by Crippen LogP contribution is 2.35. The van der Waals surface area contributed by atoms with E-state index in [0.717, 1.165) is 29.3 Å². The summed E-state index contributed by atoms with van der Waals surface area (Å²) in [7, 11) is 1.74. The van der Waals surface area contributed by atoms with Gasteiger partial charge in [0.2, 0.25) is 5.96 Å². The Balaban J connectivity index is 1.47. The molecule has 0 bridgehead atoms. The molecule has 31 heavy (non-hydrogen) atoms. The second-order valence-electron chi connectivity index (χ2n) is 8.67. The monoisotopic (exact) mass is 417 g/mol. The Morgan fingerprint density at radius 3 is 2.55 bits per heavy atom. The highest BCUT2D eigenvalue weighted by Gasteiger charge is 2.54. The summed E-state index contributed by atoms with van der Waals surface area (Å²) in [5, 5.41) is 0. The van der Waals surface area contributed by atoms with Crippen LogP contribution in [0.3, 0.4) is 0 Å². The van der Waals surface area contributed by atoms with Crippen molar-refractivity contribution in [2.75, 3.05) is 25.0 Å². The first-order chi connectivity index (χ1) is 14.9. The molecule has 2 aromatic rings. The van der Waals surface area contributed by atoms with Crippen LogP contribution in [0.15, 0.2) is 47.5 Å². The Hall–Kier alpha value is -3.35. The highest BCUT2D eigenvalue weighted by atomic mass is 16.2. The first kappa shape index (κ1) is 19.6. The molecule has 7 nitrogen and oxygen atoms in total. The van der Waals surface area contributed by atoms with Crippen LogP contribution in [0.5, 0.6) is 0 Å². The van der Waals surface area contributed by atoms with Crippen LogP contribution in [0, 0.1) is 20.8 Å². The van der Waals surface area contributed by atoms with Crippen molar-refractivity contribution < 1.29 is 9.59 Å². The molecule has 0 aromatic heterocycles. The number of amides is 3. The molecule has 0 radical (unpaired) electrons. The van der Waals surface area contributed by atoms with Crippen molar-refractivity contribution in [3.05, 3.63) is 64.7 Å². The minimum absolute atomic E-state index is 0.169. The molecule has 3 heterocycles. The number of rotatable bonds is 3. The summed E-state index contributed by atoms with van der Waals surface area (Å²) in [4.78, 5) is 38.7. The maximum atomic E-state index is 13.5. The molecular formula is C24H27N5O2. The van der Waals surface area contributed by atoms with E-state index < -0.39 is 12.2 Å². The molecular weight excluding hydrogens is 390 g/mol. The summed E-state index contributed by atoms with van der Waals surface area (Å²) < 4.78 is 0. The zero-order valence-electron chi connectivity index (χ0n) is 18.4. The SMILES string of the molecule is Cc1ccc(C)c(N2CCN3C2=NC2C3C(=O)N(Cc3ccccc3C)C(=O)N2C)c1. The van der Waals surface area contributed by atoms with Gasteiger partial charge < -0.3 is 14.7 Å². The van der Waals surface area contributed by atoms with Gasteiger partial charge in [0, 0.05) is 25.8 Å². The number of fused-ring (bicyclic) bond motifs is 3. The van der Waals surface area contributed by atoms with E-state index in [2.05, 4.69) is 41.8 Å². The molecule has 0 spiro atoms. The fourth-order valence-electron chi connectivity index (χ4n) is 4.78. The van der Waals surface area contributed by atoms with Crippen molar-refractivity contribution in [1.82, 2.24) is 14.7 Å². The normalized spacial score (nSPS) is 22.8. The molecule has 5 rings (SSSR count). The number of nitrogens with zero attached hydrogens (tertiary/aromatic N) is 5. The van der Waals surface area contributed by atoms with Gasteiger partial charge >= 0.3 is 6.03 Å². The number of guanidine groups is 1. The van der Waals surface area contributed by atoms with Crippen molar-refractivity contribution >= 4 is 23.6 Å². The van der Waals surface area contributed by atoms with Crippen LogP contribution in [0.1, 0.15) is 22.3 Å². The fourth-order valence-corrected chi connectivity index (χ4v) is 4.78. The average Bonchev–Trinajstić information content (AvgIpc) is 3.32. The number of aliphatic imine (C=N–C) groups is 1. The minimum Gasteiger partial charge on any atom is -0.325 e. The third-order valence-electron chi connectivity index (χ3n) is 6.62. The van der Waals surface area contributed by atoms with Crippen LogP contribution in [0.2, 0.25) is 0 Å². The van der Waals surface area contributed by atoms with E-state index in [1.54, 1.807) is 11.9 Å². The Morgan fingerprint density at radius 2 is 1.77 bits per heavy atom. The molecule has 3 aliphatic heterocycles. The van der Waals surface area contributed by atoms with Crippen molar-refractivity contribution in [2.45, 2.75) is 39.5 Å². The maximum absolute atomic E-state index is 13.5. The van der Waals surface area contributed by atoms with Gasteiger partial charge in [-0.05, 0) is 49.1 Å². The molecule has 2 aromatic carbocycles. The first-order valence-corrected chi connectivity index (χ1v) is 10.7. The number of carbonyl (C=O) groups excluding carboxylic acids is 2. The molecule has 0 aliphatic carbocycles. The average molecular weight is 418 g/mol. The number of hydrogen-bond acceptors (Lipinski definition) is 5. The molecule has 2 fully saturated rings. The van der Waals surface area contributed by atoms with Crippen molar-refractivity contribution in [2.24, 2.45) is 4.99 Å². The van der Waals surface area contributed by atoms with Crippen LogP contribution < -0.4 is 4.90 Å². The van der Waals surface area contributed by atoms with Gasteiger partial charge in [0.25, 0.3) is 5.91 Å². The van der Waals surface area contributed by atoms with Gasteiger partial charge in [0.05, 0.1) is 6.54 Å². The zero-order chi connectivity index (χ0) is 21.9. The van der Waals surface area contributed by atoms with Crippen LogP contribution in [0.4, 0.5) is 10.5 Å². The lowest BCUT2D eigenvalue weighted by molar-refractivity contribution is -0.137. The number of urea groups is 1. The van der Waals surface area contributed by atoms with Gasteiger partial charge in [-0.3, -0.25) is 9.69 Å². The van der Waals surface area contributed by atoms with Crippen molar-refractivity contribution in [3.8, 4) is 0 Å². The second kappa shape index (κ2) is 7.11. The lowest BCUT2D eigenvalue weighted by Gasteiger charge is -2.40. The summed E-state index contributed by atoms with van der Waals surface area (Å²) in [6, 6.07) is 13.5. The fraction of sp³-hybridized carbons (Fsp3) is 0.375. The Morgan fingerprint density at radius 1 is 1.00 bits per heavy atom. The van der Waals surface area contributed by atoms with E-state index in [0.29, 0.717) is 6.54 Å². The molecule has 160 valence electrons. The number of aryl methyl sites for hydroxylation is 3. The zero-order valence-corrected chi connectivity index (χ0v) is 18.4. The van der Waals surface area contributed by atoms with Gasteiger partial charge in [0.1, 0.15) is 0 Å². The van der Waals surface area contributed by atoms with Gasteiger partial charge in [0.15, 0.2) is 12.2 Å². The summed E-state index contributed by atoms with van der Waals surface area (Å²) in [6.07, 6.45) is -0.490. The highest BCUT2D eigenvalue weighted by molar-refractivity contribution is 6.08. The van der Waals surface area contributed by atoms with Crippen LogP contribution in [-0.2, 0) is 11.3 Å². The van der Waals surface area contributed by atoms with Crippen LogP contribution in [0.25, 0.3) is 0 Å². The number of imide groups is 1. The van der Waals surface area contributed by atoms with E-state index in [1.807, 2.05) is 31.2 Å². The van der Waals surface area contributed by atoms with E-state index >= 15 is 0 Å². The summed E-state index contributed by atoms with van der Waals surface area (Å²) in [6.45, 7) is 7.92. The standard InChI is InChI=1S/C24H27N5O2/c1-15-9-10-17(3)19(13-15)27-11-12-28-20-21(25-23(27)28)26(4)24(31)29(22(20)30)14-18-8-6-5-7-16(18)2/h5-10,13,20-21H,11-12,14H2,1-4H3. The van der Waals surface area contributed by atoms with E-state index in [4.69, 9.17) is 4.99 Å². The largest absolute Gasteiger partial charge is 0.328 e. The lowest BCUT2D eigenvalue weighted by Crippen LogP contribution is -2.64. The van der Waals surface area contributed by atoms with Gasteiger partial charge in [-0.1, -0.05) is 36.4 Å². The molecule has 0 saturated carbocycles. The summed E-state index contributed by atoms with van der Waals surface area (Å²) in [5.74, 6) is 0.618. The van der Waals surface area contributed by atoms with Gasteiger partial charge in [-0.2, -0.15) is 0 Å². The molecule has 0 N–H and O–H groups in total. The minimum atomic E-state index is -0.490. The predicted octanol–water partition coefficient (Wildman–Crippen LogP) is 2.89. The Labute approximate surface area is 182 Å². The molecule has 3 aliphatic rings. The third-order valence-corrected chi connectivity index (χ3v) is 6.62. The lowest BCUT2D eigenvalue weighted by atomic mass is 10.1. The van der Waals surface area contributed by atoms with Crippen LogP contribution in [-0.4, -0.2) is 64.9 Å². The first-order valence-electron chi connectivity index (χ1n) is 10.7. The molecule has 2 saturated heterocycles. The second-order valence-corrected chi connectivity index (χ2v) is 8.67. The number of likely N-dealkylation sites (N-methyl/N-ethyl adjacent to an activating group) is 1. The quantitative estimate of drug-likeness (QED) is 0.771. The van der Waals surface area contributed by atoms with Gasteiger partial charge in [-0.15, -0.1) is 0 Å². The predicted molar refractivity (Wildman–Crippen MR) is 120 cm³/mol. The maximum Gasteiger partial charge on any atom is 0.328 e. The number of carbonyl (C=O) groups is 2. The topological polar surface area (TPSA) is 59.5 Å². The molecule has 3 amide bonds. The third kappa shape index (κ3) is 2.99. The van der Waals surface area contributed by atoms with Crippen molar-refractivity contribution in [1.29, 1.82) is 0 Å². The molecule has 7 heteroatoms. The Kier molecular flexibility index (Phi) is 4.50. The Bertz CT molecular complexity index is 1110. The number of anilines is 1. The number of hydrogen-bond donors (Lipinski definition) is 0. The van der Waals surface area contributed by atoms with Crippen LogP contribution >= 0.6 is 0 Å². The number of benzene rings is 2. The summed E-state index contributed by atoms with van der Waals surface area (Å²) >= 11 is 0. The molecule has 2 unspecified atom stereocenters. The molecule has 2 atom stereocenters. The van der Waals surface area contributed by atoms with E-state index in [-0.39, 0.29) is 18.5 Å².